The van der Waals surface area contributed by atoms with E-state index in [9.17, 15) is 5.11 Å². The number of rotatable bonds is 2. The van der Waals surface area contributed by atoms with Crippen LogP contribution in [0, 0.1) is 0 Å². The van der Waals surface area contributed by atoms with Gasteiger partial charge in [-0.05, 0) is 33.6 Å². The number of thioether (sulfide) groups is 1. The van der Waals surface area contributed by atoms with Gasteiger partial charge >= 0.3 is 0 Å². The second kappa shape index (κ2) is 4.85. The Morgan fingerprint density at radius 3 is 2.88 bits per heavy atom. The Balaban J connectivity index is 2.31. The molecule has 2 N–H and O–H groups in total. The van der Waals surface area contributed by atoms with Gasteiger partial charge in [0.15, 0.2) is 11.5 Å². The van der Waals surface area contributed by atoms with Crippen molar-refractivity contribution in [2.75, 3.05) is 13.7 Å². The van der Waals surface area contributed by atoms with E-state index in [1.807, 2.05) is 23.9 Å². The first kappa shape index (κ1) is 12.1. The van der Waals surface area contributed by atoms with Crippen LogP contribution in [-0.2, 0) is 0 Å². The predicted octanol–water partition coefficient (Wildman–Crippen LogP) is 2.89. The van der Waals surface area contributed by atoms with E-state index >= 15 is 0 Å². The van der Waals surface area contributed by atoms with Crippen molar-refractivity contribution < 1.29 is 9.84 Å². The number of phenols is 1. The molecule has 3 nitrogen and oxygen atoms in total. The van der Waals surface area contributed by atoms with Gasteiger partial charge in [-0.2, -0.15) is 0 Å². The summed E-state index contributed by atoms with van der Waals surface area (Å²) in [5.74, 6) is 0.661. The van der Waals surface area contributed by atoms with E-state index in [0.29, 0.717) is 15.5 Å². The zero-order chi connectivity index (χ0) is 11.7. The van der Waals surface area contributed by atoms with Crippen molar-refractivity contribution >= 4 is 27.7 Å². The van der Waals surface area contributed by atoms with Gasteiger partial charge in [-0.1, -0.05) is 6.92 Å². The minimum Gasteiger partial charge on any atom is -0.503 e. The van der Waals surface area contributed by atoms with Gasteiger partial charge in [-0.3, -0.25) is 0 Å². The smallest absolute Gasteiger partial charge is 0.172 e. The number of halogens is 1. The molecule has 1 aromatic carbocycles. The average Bonchev–Trinajstić information content (AvgIpc) is 2.69. The Labute approximate surface area is 108 Å². The molecule has 1 heterocycles. The normalized spacial score (nSPS) is 24.7. The summed E-state index contributed by atoms with van der Waals surface area (Å²) in [7, 11) is 1.56. The molecule has 1 fully saturated rings. The molecule has 0 amide bonds. The molecule has 16 heavy (non-hydrogen) atoms. The second-order valence-electron chi connectivity index (χ2n) is 3.79. The summed E-state index contributed by atoms with van der Waals surface area (Å²) in [6.07, 6.45) is 0. The predicted molar refractivity (Wildman–Crippen MR) is 70.2 cm³/mol. The van der Waals surface area contributed by atoms with Crippen molar-refractivity contribution in [3.05, 3.63) is 22.2 Å². The van der Waals surface area contributed by atoms with E-state index in [0.717, 1.165) is 12.1 Å². The summed E-state index contributed by atoms with van der Waals surface area (Å²) in [5.41, 5.74) is 1.12. The number of aromatic hydroxyl groups is 1. The summed E-state index contributed by atoms with van der Waals surface area (Å²) in [6, 6.07) is 3.81. The number of benzene rings is 1. The molecule has 2 rings (SSSR count). The van der Waals surface area contributed by atoms with E-state index in [2.05, 4.69) is 28.2 Å². The molecule has 1 saturated heterocycles. The molecule has 0 spiro atoms. The summed E-state index contributed by atoms with van der Waals surface area (Å²) < 4.78 is 5.81. The van der Waals surface area contributed by atoms with Crippen molar-refractivity contribution in [1.29, 1.82) is 0 Å². The van der Waals surface area contributed by atoms with Crippen molar-refractivity contribution in [3.8, 4) is 11.5 Å². The molecule has 0 bridgehead atoms. The molecule has 1 aromatic rings. The third-order valence-corrected chi connectivity index (χ3v) is 4.48. The van der Waals surface area contributed by atoms with E-state index < -0.39 is 0 Å². The van der Waals surface area contributed by atoms with Gasteiger partial charge < -0.3 is 15.2 Å². The molecule has 0 radical (unpaired) electrons. The number of nitrogens with one attached hydrogen (secondary N) is 1. The molecule has 1 aliphatic heterocycles. The number of phenolic OH excluding ortho intramolecular Hbond substituents is 1. The largest absolute Gasteiger partial charge is 0.503 e. The fraction of sp³-hybridized carbons (Fsp3) is 0.455. The van der Waals surface area contributed by atoms with E-state index in [1.54, 1.807) is 7.11 Å². The summed E-state index contributed by atoms with van der Waals surface area (Å²) in [6.45, 7) is 3.21. The van der Waals surface area contributed by atoms with Crippen LogP contribution in [0.5, 0.6) is 11.5 Å². The Bertz CT molecular complexity index is 400. The zero-order valence-electron chi connectivity index (χ0n) is 9.16. The zero-order valence-corrected chi connectivity index (χ0v) is 11.6. The molecule has 2 unspecified atom stereocenters. The van der Waals surface area contributed by atoms with Crippen molar-refractivity contribution in [2.24, 2.45) is 0 Å². The monoisotopic (exact) mass is 303 g/mol. The molecule has 5 heteroatoms. The number of hydrogen-bond acceptors (Lipinski definition) is 4. The summed E-state index contributed by atoms with van der Waals surface area (Å²) in [4.78, 5) is 0. The maximum absolute atomic E-state index is 9.72. The van der Waals surface area contributed by atoms with Gasteiger partial charge in [-0.25, -0.2) is 0 Å². The van der Waals surface area contributed by atoms with E-state index in [1.165, 1.54) is 0 Å². The third-order valence-electron chi connectivity index (χ3n) is 2.53. The van der Waals surface area contributed by atoms with Crippen LogP contribution in [0.15, 0.2) is 16.6 Å². The highest BCUT2D eigenvalue weighted by molar-refractivity contribution is 9.10. The van der Waals surface area contributed by atoms with Crippen LogP contribution in [0.4, 0.5) is 0 Å². The topological polar surface area (TPSA) is 41.5 Å². The Hall–Kier alpha value is -0.390. The van der Waals surface area contributed by atoms with Gasteiger partial charge in [0.05, 0.1) is 17.0 Å². The Kier molecular flexibility index (Phi) is 3.66. The van der Waals surface area contributed by atoms with Crippen LogP contribution in [-0.4, -0.2) is 24.0 Å². The van der Waals surface area contributed by atoms with Crippen LogP contribution in [0.2, 0.25) is 0 Å². The van der Waals surface area contributed by atoms with Gasteiger partial charge in [0.25, 0.3) is 0 Å². The number of methoxy groups -OCH3 is 1. The van der Waals surface area contributed by atoms with Crippen molar-refractivity contribution in [1.82, 2.24) is 5.32 Å². The standard InChI is InChI=1S/C11H14BrNO2S/c1-6-5-13-11(16-6)7-3-8(12)10(14)9(4-7)15-2/h3-4,6,11,13-14H,5H2,1-2H3. The minimum absolute atomic E-state index is 0.155. The maximum Gasteiger partial charge on any atom is 0.172 e. The van der Waals surface area contributed by atoms with E-state index in [4.69, 9.17) is 4.74 Å². The lowest BCUT2D eigenvalue weighted by atomic mass is 10.2. The first-order chi connectivity index (χ1) is 7.61. The minimum atomic E-state index is 0.155. The summed E-state index contributed by atoms with van der Waals surface area (Å²) >= 11 is 5.22. The molecule has 0 aromatic heterocycles. The van der Waals surface area contributed by atoms with Crippen molar-refractivity contribution in [3.63, 3.8) is 0 Å². The maximum atomic E-state index is 9.72. The lowest BCUT2D eigenvalue weighted by Crippen LogP contribution is -2.13. The SMILES string of the molecule is COc1cc(C2NCC(C)S2)cc(Br)c1O. The third kappa shape index (κ3) is 2.31. The number of ether oxygens (including phenoxy) is 1. The molecular weight excluding hydrogens is 290 g/mol. The fourth-order valence-corrected chi connectivity index (χ4v) is 3.30. The molecule has 2 atom stereocenters. The first-order valence-corrected chi connectivity index (χ1v) is 6.80. The van der Waals surface area contributed by atoms with Crippen LogP contribution in [0.1, 0.15) is 17.9 Å². The molecular formula is C11H14BrNO2S. The van der Waals surface area contributed by atoms with Crippen molar-refractivity contribution in [2.45, 2.75) is 17.5 Å². The fourth-order valence-electron chi connectivity index (χ4n) is 1.70. The van der Waals surface area contributed by atoms with E-state index in [-0.39, 0.29) is 11.1 Å². The average molecular weight is 304 g/mol. The Morgan fingerprint density at radius 1 is 1.56 bits per heavy atom. The summed E-state index contributed by atoms with van der Waals surface area (Å²) in [5, 5.41) is 14.0. The highest BCUT2D eigenvalue weighted by atomic mass is 79.9. The molecule has 0 saturated carbocycles. The van der Waals surface area contributed by atoms with Gasteiger partial charge in [0.2, 0.25) is 0 Å². The Morgan fingerprint density at radius 2 is 2.31 bits per heavy atom. The van der Waals surface area contributed by atoms with Gasteiger partial charge in [0.1, 0.15) is 0 Å². The highest BCUT2D eigenvalue weighted by Crippen LogP contribution is 2.41. The van der Waals surface area contributed by atoms with Gasteiger partial charge in [0, 0.05) is 11.8 Å². The molecule has 88 valence electrons. The lowest BCUT2D eigenvalue weighted by Gasteiger charge is -2.13. The van der Waals surface area contributed by atoms with Crippen LogP contribution in [0.3, 0.4) is 0 Å². The molecule has 1 aliphatic rings. The second-order valence-corrected chi connectivity index (χ2v) is 6.19. The quantitative estimate of drug-likeness (QED) is 0.881. The van der Waals surface area contributed by atoms with Gasteiger partial charge in [-0.15, -0.1) is 11.8 Å². The lowest BCUT2D eigenvalue weighted by molar-refractivity contribution is 0.371. The van der Waals surface area contributed by atoms with Crippen LogP contribution < -0.4 is 10.1 Å². The highest BCUT2D eigenvalue weighted by Gasteiger charge is 2.24. The first-order valence-electron chi connectivity index (χ1n) is 5.07. The molecule has 0 aliphatic carbocycles. The van der Waals surface area contributed by atoms with Crippen LogP contribution in [0.25, 0.3) is 0 Å². The number of hydrogen-bond donors (Lipinski definition) is 2. The van der Waals surface area contributed by atoms with Crippen LogP contribution >= 0.6 is 27.7 Å².